The standard InChI is InChI=1S/C19H13N3O4S2/c23-16-10-9-15(22(25)26)11-14(16)12-20-21-18(24)17(28-19(21)27)8-4-7-13-5-2-1-3-6-13/h1-12,23H/b7-4-,17-8+,20-12+. The van der Waals surface area contributed by atoms with Gasteiger partial charge in [-0.15, -0.1) is 0 Å². The van der Waals surface area contributed by atoms with Gasteiger partial charge in [-0.1, -0.05) is 54.2 Å². The van der Waals surface area contributed by atoms with Gasteiger partial charge in [0.2, 0.25) is 0 Å². The number of carbonyl (C=O) groups excluding carboxylic acids is 1. The van der Waals surface area contributed by atoms with Crippen LogP contribution < -0.4 is 0 Å². The van der Waals surface area contributed by atoms with Gasteiger partial charge in [0, 0.05) is 17.7 Å². The summed E-state index contributed by atoms with van der Waals surface area (Å²) in [7, 11) is 0. The average Bonchev–Trinajstić information content (AvgIpc) is 2.95. The molecule has 0 aromatic heterocycles. The molecule has 1 fully saturated rings. The van der Waals surface area contributed by atoms with E-state index in [0.29, 0.717) is 4.91 Å². The highest BCUT2D eigenvalue weighted by atomic mass is 32.2. The molecule has 1 N–H and O–H groups in total. The molecular weight excluding hydrogens is 398 g/mol. The Bertz CT molecular complexity index is 1030. The minimum absolute atomic E-state index is 0.108. The fourth-order valence-corrected chi connectivity index (χ4v) is 3.39. The summed E-state index contributed by atoms with van der Waals surface area (Å²) in [6.45, 7) is 0. The Labute approximate surface area is 169 Å². The zero-order chi connectivity index (χ0) is 20.1. The van der Waals surface area contributed by atoms with Crippen LogP contribution in [0, 0.1) is 10.1 Å². The number of phenols is 1. The fraction of sp³-hybridized carbons (Fsp3) is 0. The van der Waals surface area contributed by atoms with Crippen LogP contribution in [0.25, 0.3) is 6.08 Å². The molecule has 0 saturated carbocycles. The van der Waals surface area contributed by atoms with Crippen LogP contribution in [-0.2, 0) is 4.79 Å². The zero-order valence-corrected chi connectivity index (χ0v) is 15.9. The van der Waals surface area contributed by atoms with Crippen LogP contribution >= 0.6 is 24.0 Å². The quantitative estimate of drug-likeness (QED) is 0.262. The van der Waals surface area contributed by atoms with Crippen LogP contribution in [0.1, 0.15) is 11.1 Å². The molecule has 0 atom stereocenters. The number of thiocarbonyl (C=S) groups is 1. The first-order chi connectivity index (χ1) is 13.5. The lowest BCUT2D eigenvalue weighted by Gasteiger charge is -2.06. The van der Waals surface area contributed by atoms with Gasteiger partial charge in [-0.3, -0.25) is 14.9 Å². The minimum atomic E-state index is -0.585. The number of benzene rings is 2. The molecule has 28 heavy (non-hydrogen) atoms. The summed E-state index contributed by atoms with van der Waals surface area (Å²) in [5.41, 5.74) is 0.903. The highest BCUT2D eigenvalue weighted by Crippen LogP contribution is 2.31. The second kappa shape index (κ2) is 8.59. The van der Waals surface area contributed by atoms with E-state index in [1.807, 2.05) is 36.4 Å². The van der Waals surface area contributed by atoms with Gasteiger partial charge in [-0.25, -0.2) is 0 Å². The van der Waals surface area contributed by atoms with E-state index in [0.717, 1.165) is 34.6 Å². The van der Waals surface area contributed by atoms with Gasteiger partial charge in [0.1, 0.15) is 5.75 Å². The number of non-ortho nitro benzene ring substituents is 1. The number of nitrogens with zero attached hydrogens (tertiary/aromatic N) is 3. The minimum Gasteiger partial charge on any atom is -0.507 e. The maximum atomic E-state index is 12.5. The second-order valence-electron chi connectivity index (χ2n) is 5.53. The number of phenolic OH excluding ortho intramolecular Hbond substituents is 1. The van der Waals surface area contributed by atoms with Crippen LogP contribution in [0.3, 0.4) is 0 Å². The largest absolute Gasteiger partial charge is 0.507 e. The van der Waals surface area contributed by atoms with Crippen LogP contribution in [-0.4, -0.2) is 31.5 Å². The third kappa shape index (κ3) is 4.51. The SMILES string of the molecule is O=C1/C(=C\C=C/c2ccccc2)SC(=S)N1/N=C/c1cc([N+](=O)[O-])ccc1O. The number of carbonyl (C=O) groups is 1. The molecular formula is C19H13N3O4S2. The molecule has 9 heteroatoms. The van der Waals surface area contributed by atoms with Crippen molar-refractivity contribution < 1.29 is 14.8 Å². The number of nitro groups is 1. The number of rotatable bonds is 5. The Morgan fingerprint density at radius 1 is 1.21 bits per heavy atom. The van der Waals surface area contributed by atoms with Crippen molar-refractivity contribution in [1.82, 2.24) is 5.01 Å². The van der Waals surface area contributed by atoms with Crippen molar-refractivity contribution in [2.75, 3.05) is 0 Å². The van der Waals surface area contributed by atoms with Crippen molar-refractivity contribution >= 4 is 52.2 Å². The van der Waals surface area contributed by atoms with Gasteiger partial charge in [-0.05, 0) is 29.9 Å². The van der Waals surface area contributed by atoms with E-state index in [4.69, 9.17) is 12.2 Å². The molecule has 1 heterocycles. The molecule has 1 aliphatic rings. The molecule has 7 nitrogen and oxygen atoms in total. The van der Waals surface area contributed by atoms with Gasteiger partial charge in [0.25, 0.3) is 11.6 Å². The topological polar surface area (TPSA) is 96.0 Å². The van der Waals surface area contributed by atoms with E-state index in [1.165, 1.54) is 12.1 Å². The molecule has 0 spiro atoms. The van der Waals surface area contributed by atoms with Gasteiger partial charge < -0.3 is 5.11 Å². The number of hydrogen-bond acceptors (Lipinski definition) is 7. The maximum Gasteiger partial charge on any atom is 0.286 e. The predicted octanol–water partition coefficient (Wildman–Crippen LogP) is 4.09. The highest BCUT2D eigenvalue weighted by molar-refractivity contribution is 8.26. The Balaban J connectivity index is 1.76. The summed E-state index contributed by atoms with van der Waals surface area (Å²) in [5, 5.41) is 25.7. The third-order valence-corrected chi connectivity index (χ3v) is 4.94. The highest BCUT2D eigenvalue weighted by Gasteiger charge is 2.31. The van der Waals surface area contributed by atoms with Crippen molar-refractivity contribution in [3.05, 3.63) is 86.8 Å². The Hall–Kier alpha value is -3.30. The van der Waals surface area contributed by atoms with Crippen molar-refractivity contribution in [2.45, 2.75) is 0 Å². The van der Waals surface area contributed by atoms with Gasteiger partial charge in [0.15, 0.2) is 4.32 Å². The van der Waals surface area contributed by atoms with Crippen LogP contribution in [0.5, 0.6) is 5.75 Å². The summed E-state index contributed by atoms with van der Waals surface area (Å²) in [6.07, 6.45) is 6.41. The van der Waals surface area contributed by atoms with Crippen molar-refractivity contribution in [2.24, 2.45) is 5.10 Å². The van der Waals surface area contributed by atoms with Crippen molar-refractivity contribution in [1.29, 1.82) is 0 Å². The first kappa shape index (κ1) is 19.5. The van der Waals surface area contributed by atoms with E-state index in [2.05, 4.69) is 5.10 Å². The molecule has 2 aromatic carbocycles. The van der Waals surface area contributed by atoms with Gasteiger partial charge in [-0.2, -0.15) is 10.1 Å². The molecule has 140 valence electrons. The normalized spacial score (nSPS) is 16.0. The lowest BCUT2D eigenvalue weighted by Crippen LogP contribution is -2.22. The second-order valence-corrected chi connectivity index (χ2v) is 7.21. The number of thioether (sulfide) groups is 1. The third-order valence-electron chi connectivity index (χ3n) is 3.64. The molecule has 0 aliphatic carbocycles. The number of hydrazone groups is 1. The predicted molar refractivity (Wildman–Crippen MR) is 113 cm³/mol. The molecule has 0 radical (unpaired) electrons. The number of hydrogen-bond donors (Lipinski definition) is 1. The fourth-order valence-electron chi connectivity index (χ4n) is 2.26. The van der Waals surface area contributed by atoms with E-state index < -0.39 is 10.8 Å². The summed E-state index contributed by atoms with van der Waals surface area (Å²) >= 11 is 6.27. The van der Waals surface area contributed by atoms with E-state index in [9.17, 15) is 20.0 Å². The van der Waals surface area contributed by atoms with Crippen molar-refractivity contribution in [3.63, 3.8) is 0 Å². The van der Waals surface area contributed by atoms with Crippen LogP contribution in [0.15, 0.2) is 70.7 Å². The first-order valence-electron chi connectivity index (χ1n) is 7.97. The zero-order valence-electron chi connectivity index (χ0n) is 14.3. The molecule has 2 aromatic rings. The summed E-state index contributed by atoms with van der Waals surface area (Å²) in [4.78, 5) is 23.1. The lowest BCUT2D eigenvalue weighted by molar-refractivity contribution is -0.384. The molecule has 1 amide bonds. The summed E-state index contributed by atoms with van der Waals surface area (Å²) < 4.78 is 0.227. The van der Waals surface area contributed by atoms with Gasteiger partial charge >= 0.3 is 0 Å². The van der Waals surface area contributed by atoms with E-state index in [1.54, 1.807) is 12.2 Å². The monoisotopic (exact) mass is 411 g/mol. The van der Waals surface area contributed by atoms with Crippen LogP contribution in [0.2, 0.25) is 0 Å². The maximum absolute atomic E-state index is 12.5. The van der Waals surface area contributed by atoms with Crippen molar-refractivity contribution in [3.8, 4) is 5.75 Å². The molecule has 1 saturated heterocycles. The van der Waals surface area contributed by atoms with Gasteiger partial charge in [0.05, 0.1) is 16.0 Å². The summed E-state index contributed by atoms with van der Waals surface area (Å²) in [6, 6.07) is 13.1. The molecule has 3 rings (SSSR count). The number of amides is 1. The number of nitro benzene ring substituents is 1. The Morgan fingerprint density at radius 3 is 2.68 bits per heavy atom. The van der Waals surface area contributed by atoms with E-state index >= 15 is 0 Å². The lowest BCUT2D eigenvalue weighted by atomic mass is 10.2. The smallest absolute Gasteiger partial charge is 0.286 e. The summed E-state index contributed by atoms with van der Waals surface area (Å²) in [5.74, 6) is -0.602. The van der Waals surface area contributed by atoms with Crippen LogP contribution in [0.4, 0.5) is 5.69 Å². The first-order valence-corrected chi connectivity index (χ1v) is 9.19. The molecule has 1 aliphatic heterocycles. The number of aromatic hydroxyl groups is 1. The van der Waals surface area contributed by atoms with E-state index in [-0.39, 0.29) is 21.3 Å². The Kier molecular flexibility index (Phi) is 5.97. The molecule has 0 bridgehead atoms. The average molecular weight is 411 g/mol. The molecule has 0 unspecified atom stereocenters. The Morgan fingerprint density at radius 2 is 1.96 bits per heavy atom. The number of allylic oxidation sites excluding steroid dienone is 2.